The van der Waals surface area contributed by atoms with E-state index in [4.69, 9.17) is 4.74 Å². The normalized spacial score (nSPS) is 10.0. The summed E-state index contributed by atoms with van der Waals surface area (Å²) in [6.45, 7) is 1.62. The van der Waals surface area contributed by atoms with Gasteiger partial charge in [-0.05, 0) is 53.3 Å². The predicted octanol–water partition coefficient (Wildman–Crippen LogP) is 1.86. The summed E-state index contributed by atoms with van der Waals surface area (Å²) in [5.41, 5.74) is 0.956. The zero-order valence-electron chi connectivity index (χ0n) is 9.83. The third-order valence-electron chi connectivity index (χ3n) is 2.14. The van der Waals surface area contributed by atoms with Crippen LogP contribution < -0.4 is 10.6 Å². The third-order valence-corrected chi connectivity index (χ3v) is 2.86. The monoisotopic (exact) mass is 348 g/mol. The summed E-state index contributed by atoms with van der Waals surface area (Å²) in [5, 5.41) is 5.88. The first-order chi connectivity index (χ1) is 8.22. The highest BCUT2D eigenvalue weighted by Gasteiger charge is 1.99. The molecular formula is C12H17IN2O2. The van der Waals surface area contributed by atoms with Crippen molar-refractivity contribution in [1.82, 2.24) is 5.32 Å². The van der Waals surface area contributed by atoms with Gasteiger partial charge in [-0.25, -0.2) is 0 Å². The molecule has 0 heterocycles. The number of hydrogen-bond acceptors (Lipinski definition) is 3. The van der Waals surface area contributed by atoms with Crippen molar-refractivity contribution in [3.05, 3.63) is 27.8 Å². The van der Waals surface area contributed by atoms with E-state index in [1.54, 1.807) is 7.11 Å². The van der Waals surface area contributed by atoms with Gasteiger partial charge in [0, 0.05) is 29.5 Å². The van der Waals surface area contributed by atoms with Gasteiger partial charge < -0.3 is 15.4 Å². The van der Waals surface area contributed by atoms with E-state index in [2.05, 4.69) is 33.2 Å². The maximum atomic E-state index is 11.4. The van der Waals surface area contributed by atoms with E-state index in [1.807, 2.05) is 24.3 Å². The highest BCUT2D eigenvalue weighted by atomic mass is 127. The standard InChI is InChI=1S/C12H17IN2O2/c1-17-8-2-7-14-12(16)9-15-11-5-3-10(13)4-6-11/h3-6,15H,2,7-9H2,1H3,(H,14,16). The fraction of sp³-hybridized carbons (Fsp3) is 0.417. The first-order valence-corrected chi connectivity index (χ1v) is 6.55. The molecule has 1 rings (SSSR count). The number of hydrogen-bond donors (Lipinski definition) is 2. The van der Waals surface area contributed by atoms with Gasteiger partial charge in [0.05, 0.1) is 6.54 Å². The minimum Gasteiger partial charge on any atom is -0.385 e. The minimum atomic E-state index is -0.000321. The maximum absolute atomic E-state index is 11.4. The molecule has 0 fully saturated rings. The number of ether oxygens (including phenoxy) is 1. The third kappa shape index (κ3) is 6.48. The molecule has 17 heavy (non-hydrogen) atoms. The number of carbonyl (C=O) groups is 1. The Balaban J connectivity index is 2.17. The van der Waals surface area contributed by atoms with Gasteiger partial charge in [0.25, 0.3) is 0 Å². The Labute approximate surface area is 115 Å². The van der Waals surface area contributed by atoms with E-state index < -0.39 is 0 Å². The number of methoxy groups -OCH3 is 1. The van der Waals surface area contributed by atoms with Gasteiger partial charge in [-0.3, -0.25) is 4.79 Å². The second kappa shape index (κ2) is 8.30. The van der Waals surface area contributed by atoms with E-state index in [0.717, 1.165) is 12.1 Å². The van der Waals surface area contributed by atoms with Gasteiger partial charge in [0.15, 0.2) is 0 Å². The fourth-order valence-electron chi connectivity index (χ4n) is 1.26. The van der Waals surface area contributed by atoms with E-state index in [0.29, 0.717) is 19.7 Å². The number of anilines is 1. The Morgan fingerprint density at radius 2 is 2.06 bits per heavy atom. The van der Waals surface area contributed by atoms with Gasteiger partial charge >= 0.3 is 0 Å². The van der Waals surface area contributed by atoms with Crippen LogP contribution in [0.1, 0.15) is 6.42 Å². The second-order valence-electron chi connectivity index (χ2n) is 3.56. The summed E-state index contributed by atoms with van der Waals surface area (Å²) in [4.78, 5) is 11.4. The Hall–Kier alpha value is -0.820. The van der Waals surface area contributed by atoms with Crippen molar-refractivity contribution >= 4 is 34.2 Å². The summed E-state index contributed by atoms with van der Waals surface area (Å²) >= 11 is 2.25. The summed E-state index contributed by atoms with van der Waals surface area (Å²) in [6, 6.07) is 7.92. The molecule has 0 saturated heterocycles. The van der Waals surface area contributed by atoms with E-state index in [9.17, 15) is 4.79 Å². The molecule has 1 aromatic carbocycles. The highest BCUT2D eigenvalue weighted by Crippen LogP contribution is 2.10. The minimum absolute atomic E-state index is 0.000321. The lowest BCUT2D eigenvalue weighted by atomic mass is 10.3. The van der Waals surface area contributed by atoms with E-state index in [-0.39, 0.29) is 5.91 Å². The smallest absolute Gasteiger partial charge is 0.239 e. The molecule has 0 aliphatic carbocycles. The van der Waals surface area contributed by atoms with Gasteiger partial charge in [0.1, 0.15) is 0 Å². The van der Waals surface area contributed by atoms with Crippen molar-refractivity contribution < 1.29 is 9.53 Å². The molecule has 0 atom stereocenters. The van der Waals surface area contributed by atoms with Gasteiger partial charge in [-0.2, -0.15) is 0 Å². The summed E-state index contributed by atoms with van der Waals surface area (Å²) in [7, 11) is 1.65. The molecule has 1 aromatic rings. The lowest BCUT2D eigenvalue weighted by Gasteiger charge is -2.07. The van der Waals surface area contributed by atoms with E-state index in [1.165, 1.54) is 3.57 Å². The Morgan fingerprint density at radius 3 is 2.71 bits per heavy atom. The summed E-state index contributed by atoms with van der Waals surface area (Å²) in [6.07, 6.45) is 0.839. The number of halogens is 1. The van der Waals surface area contributed by atoms with Gasteiger partial charge in [0.2, 0.25) is 5.91 Å². The topological polar surface area (TPSA) is 50.4 Å². The first-order valence-electron chi connectivity index (χ1n) is 5.47. The number of carbonyl (C=O) groups excluding carboxylic acids is 1. The SMILES string of the molecule is COCCCNC(=O)CNc1ccc(I)cc1. The van der Waals surface area contributed by atoms with Crippen LogP contribution in [0.3, 0.4) is 0 Å². The molecule has 4 nitrogen and oxygen atoms in total. The second-order valence-corrected chi connectivity index (χ2v) is 4.80. The lowest BCUT2D eigenvalue weighted by molar-refractivity contribution is -0.119. The number of benzene rings is 1. The predicted molar refractivity (Wildman–Crippen MR) is 77.2 cm³/mol. The van der Waals surface area contributed by atoms with Crippen LogP contribution in [0.2, 0.25) is 0 Å². The Morgan fingerprint density at radius 1 is 1.35 bits per heavy atom. The number of amides is 1. The molecule has 0 aliphatic heterocycles. The van der Waals surface area contributed by atoms with Gasteiger partial charge in [-0.15, -0.1) is 0 Å². The van der Waals surface area contributed by atoms with Crippen molar-refractivity contribution in [3.8, 4) is 0 Å². The van der Waals surface area contributed by atoms with E-state index >= 15 is 0 Å². The van der Waals surface area contributed by atoms with Crippen molar-refractivity contribution in [2.75, 3.05) is 32.1 Å². The van der Waals surface area contributed by atoms with Crippen LogP contribution >= 0.6 is 22.6 Å². The molecule has 0 bridgehead atoms. The first kappa shape index (κ1) is 14.2. The molecule has 1 amide bonds. The summed E-state index contributed by atoms with van der Waals surface area (Å²) in [5.74, 6) is -0.000321. The van der Waals surface area contributed by atoms with Crippen LogP contribution in [-0.4, -0.2) is 32.7 Å². The largest absolute Gasteiger partial charge is 0.385 e. The molecule has 94 valence electrons. The van der Waals surface area contributed by atoms with Crippen LogP contribution in [0, 0.1) is 3.57 Å². The van der Waals surface area contributed by atoms with Gasteiger partial charge in [-0.1, -0.05) is 0 Å². The lowest BCUT2D eigenvalue weighted by Crippen LogP contribution is -2.31. The maximum Gasteiger partial charge on any atom is 0.239 e. The average Bonchev–Trinajstić information content (AvgIpc) is 2.34. The van der Waals surface area contributed by atoms with Crippen molar-refractivity contribution in [3.63, 3.8) is 0 Å². The Bertz CT molecular complexity index is 341. The summed E-state index contributed by atoms with van der Waals surface area (Å²) < 4.78 is 6.07. The molecule has 0 saturated carbocycles. The average molecular weight is 348 g/mol. The van der Waals surface area contributed by atoms with Crippen molar-refractivity contribution in [2.45, 2.75) is 6.42 Å². The molecule has 0 aromatic heterocycles. The van der Waals surface area contributed by atoms with Crippen LogP contribution in [0.15, 0.2) is 24.3 Å². The number of rotatable bonds is 7. The molecule has 0 spiro atoms. The Kier molecular flexibility index (Phi) is 6.95. The molecule has 0 aliphatic rings. The zero-order valence-corrected chi connectivity index (χ0v) is 12.0. The molecule has 2 N–H and O–H groups in total. The highest BCUT2D eigenvalue weighted by molar-refractivity contribution is 14.1. The number of nitrogens with one attached hydrogen (secondary N) is 2. The quantitative estimate of drug-likeness (QED) is 0.584. The molecule has 0 radical (unpaired) electrons. The van der Waals surface area contributed by atoms with Crippen molar-refractivity contribution in [2.24, 2.45) is 0 Å². The van der Waals surface area contributed by atoms with Crippen LogP contribution in [-0.2, 0) is 9.53 Å². The molecule has 5 heteroatoms. The zero-order chi connectivity index (χ0) is 12.5. The van der Waals surface area contributed by atoms with Crippen molar-refractivity contribution in [1.29, 1.82) is 0 Å². The van der Waals surface area contributed by atoms with Crippen LogP contribution in [0.5, 0.6) is 0 Å². The van der Waals surface area contributed by atoms with Crippen LogP contribution in [0.25, 0.3) is 0 Å². The fourth-order valence-corrected chi connectivity index (χ4v) is 1.62. The molecule has 0 unspecified atom stereocenters. The van der Waals surface area contributed by atoms with Crippen LogP contribution in [0.4, 0.5) is 5.69 Å². The molecular weight excluding hydrogens is 331 g/mol.